The SMILES string of the molecule is Cc1ncc2c(n1)c1c(n2CC(C)(O)c2ccc(C(F)(F)F)cc2)CCN2CCCC12. The molecule has 5 rings (SSSR count). The lowest BCUT2D eigenvalue weighted by Crippen LogP contribution is -2.33. The van der Waals surface area contributed by atoms with Crippen molar-refractivity contribution in [1.29, 1.82) is 0 Å². The highest BCUT2D eigenvalue weighted by atomic mass is 19.4. The Morgan fingerprint density at radius 2 is 1.84 bits per heavy atom. The van der Waals surface area contributed by atoms with Crippen molar-refractivity contribution in [1.82, 2.24) is 19.4 Å². The van der Waals surface area contributed by atoms with Gasteiger partial charge in [0.15, 0.2) is 0 Å². The maximum atomic E-state index is 12.9. The van der Waals surface area contributed by atoms with E-state index in [-0.39, 0.29) is 6.54 Å². The largest absolute Gasteiger partial charge is 0.416 e. The molecule has 2 atom stereocenters. The molecular formula is C23H25F3N4O. The Bertz CT molecular complexity index is 1130. The van der Waals surface area contributed by atoms with Crippen LogP contribution < -0.4 is 0 Å². The topological polar surface area (TPSA) is 54.2 Å². The third kappa shape index (κ3) is 3.42. The zero-order chi connectivity index (χ0) is 22.0. The number of rotatable bonds is 3. The minimum atomic E-state index is -4.40. The molecule has 1 N–H and O–H groups in total. The number of aryl methyl sites for hydroxylation is 1. The molecule has 1 saturated heterocycles. The first-order valence-corrected chi connectivity index (χ1v) is 10.6. The number of alkyl halides is 3. The van der Waals surface area contributed by atoms with Crippen LogP contribution in [0.2, 0.25) is 0 Å². The van der Waals surface area contributed by atoms with Gasteiger partial charge in [0.2, 0.25) is 0 Å². The van der Waals surface area contributed by atoms with Crippen LogP contribution in [0, 0.1) is 6.92 Å². The van der Waals surface area contributed by atoms with E-state index in [2.05, 4.69) is 14.5 Å². The summed E-state index contributed by atoms with van der Waals surface area (Å²) in [7, 11) is 0. The van der Waals surface area contributed by atoms with Gasteiger partial charge in [-0.1, -0.05) is 12.1 Å². The van der Waals surface area contributed by atoms with E-state index in [1.54, 1.807) is 13.1 Å². The highest BCUT2D eigenvalue weighted by molar-refractivity contribution is 5.82. The quantitative estimate of drug-likeness (QED) is 0.671. The van der Waals surface area contributed by atoms with Crippen molar-refractivity contribution in [3.63, 3.8) is 0 Å². The minimum Gasteiger partial charge on any atom is -0.384 e. The summed E-state index contributed by atoms with van der Waals surface area (Å²) in [6, 6.07) is 5.10. The third-order valence-electron chi connectivity index (χ3n) is 6.71. The smallest absolute Gasteiger partial charge is 0.384 e. The second-order valence-electron chi connectivity index (χ2n) is 8.89. The summed E-state index contributed by atoms with van der Waals surface area (Å²) in [5.41, 5.74) is 2.57. The highest BCUT2D eigenvalue weighted by Crippen LogP contribution is 2.43. The minimum absolute atomic E-state index is 0.226. The van der Waals surface area contributed by atoms with Crippen molar-refractivity contribution < 1.29 is 18.3 Å². The summed E-state index contributed by atoms with van der Waals surface area (Å²) >= 11 is 0. The molecule has 5 nitrogen and oxygen atoms in total. The van der Waals surface area contributed by atoms with Crippen molar-refractivity contribution in [2.24, 2.45) is 0 Å². The normalized spacial score (nSPS) is 21.2. The summed E-state index contributed by atoms with van der Waals surface area (Å²) in [6.07, 6.45) is 0.499. The van der Waals surface area contributed by atoms with Crippen molar-refractivity contribution in [3.8, 4) is 0 Å². The van der Waals surface area contributed by atoms with Crippen LogP contribution in [0.25, 0.3) is 11.0 Å². The van der Waals surface area contributed by atoms with E-state index < -0.39 is 17.3 Å². The molecule has 0 spiro atoms. The van der Waals surface area contributed by atoms with E-state index in [0.29, 0.717) is 17.4 Å². The summed E-state index contributed by atoms with van der Waals surface area (Å²) in [4.78, 5) is 11.6. The van der Waals surface area contributed by atoms with Crippen molar-refractivity contribution in [2.45, 2.75) is 57.5 Å². The Balaban J connectivity index is 1.58. The number of benzene rings is 1. The zero-order valence-corrected chi connectivity index (χ0v) is 17.6. The maximum Gasteiger partial charge on any atom is 0.416 e. The average molecular weight is 430 g/mol. The standard InChI is InChI=1S/C23H25F3N4O/c1-14-27-12-19-21(28-14)20-17-4-3-10-29(17)11-9-18(20)30(19)13-22(2,31)15-5-7-16(8-6-15)23(24,25)26/h5-8,12,17,31H,3-4,9-11,13H2,1-2H3. The van der Waals surface area contributed by atoms with E-state index in [1.807, 2.05) is 6.92 Å². The van der Waals surface area contributed by atoms with Gasteiger partial charge < -0.3 is 9.67 Å². The molecule has 2 aliphatic heterocycles. The fourth-order valence-electron chi connectivity index (χ4n) is 5.17. The molecule has 4 heterocycles. The Kier molecular flexibility index (Phi) is 4.64. The Labute approximate surface area is 178 Å². The molecule has 2 unspecified atom stereocenters. The van der Waals surface area contributed by atoms with Gasteiger partial charge in [-0.3, -0.25) is 4.90 Å². The van der Waals surface area contributed by atoms with Crippen LogP contribution in [-0.2, 0) is 24.7 Å². The molecule has 31 heavy (non-hydrogen) atoms. The number of fused-ring (bicyclic) bond motifs is 5. The second-order valence-corrected chi connectivity index (χ2v) is 8.89. The van der Waals surface area contributed by atoms with Crippen molar-refractivity contribution >= 4 is 11.0 Å². The van der Waals surface area contributed by atoms with Crippen molar-refractivity contribution in [3.05, 3.63) is 58.7 Å². The molecule has 0 bridgehead atoms. The molecule has 0 amide bonds. The van der Waals surface area contributed by atoms with Gasteiger partial charge in [0.1, 0.15) is 11.4 Å². The summed E-state index contributed by atoms with van der Waals surface area (Å²) in [5, 5.41) is 11.3. The summed E-state index contributed by atoms with van der Waals surface area (Å²) in [6.45, 7) is 5.79. The van der Waals surface area contributed by atoms with Crippen LogP contribution in [0.3, 0.4) is 0 Å². The monoisotopic (exact) mass is 430 g/mol. The molecule has 2 aromatic heterocycles. The summed E-state index contributed by atoms with van der Waals surface area (Å²) in [5.74, 6) is 0.706. The molecule has 3 aromatic rings. The first-order chi connectivity index (χ1) is 14.6. The predicted octanol–water partition coefficient (Wildman–Crippen LogP) is 4.36. The van der Waals surface area contributed by atoms with E-state index in [9.17, 15) is 18.3 Å². The van der Waals surface area contributed by atoms with Crippen LogP contribution in [0.1, 0.15) is 54.0 Å². The molecule has 1 aromatic carbocycles. The molecule has 2 aliphatic rings. The van der Waals surface area contributed by atoms with Gasteiger partial charge in [-0.25, -0.2) is 9.97 Å². The van der Waals surface area contributed by atoms with Crippen LogP contribution in [0.5, 0.6) is 0 Å². The van der Waals surface area contributed by atoms with Crippen LogP contribution in [0.15, 0.2) is 30.5 Å². The Morgan fingerprint density at radius 1 is 1.13 bits per heavy atom. The molecular weight excluding hydrogens is 405 g/mol. The van der Waals surface area contributed by atoms with E-state index in [4.69, 9.17) is 4.98 Å². The first-order valence-electron chi connectivity index (χ1n) is 10.6. The van der Waals surface area contributed by atoms with Crippen LogP contribution >= 0.6 is 0 Å². The molecule has 8 heteroatoms. The molecule has 0 radical (unpaired) electrons. The third-order valence-corrected chi connectivity index (χ3v) is 6.71. The number of aliphatic hydroxyl groups is 1. The van der Waals surface area contributed by atoms with Crippen LogP contribution in [0.4, 0.5) is 13.2 Å². The Hall–Kier alpha value is -2.45. The van der Waals surface area contributed by atoms with E-state index in [0.717, 1.165) is 61.2 Å². The van der Waals surface area contributed by atoms with Gasteiger partial charge in [-0.15, -0.1) is 0 Å². The fraction of sp³-hybridized carbons (Fsp3) is 0.478. The first kappa shape index (κ1) is 20.5. The van der Waals surface area contributed by atoms with Gasteiger partial charge in [-0.2, -0.15) is 13.2 Å². The molecule has 0 saturated carbocycles. The van der Waals surface area contributed by atoms with Gasteiger partial charge in [0.05, 0.1) is 29.3 Å². The predicted molar refractivity (Wildman–Crippen MR) is 111 cm³/mol. The van der Waals surface area contributed by atoms with Gasteiger partial charge in [-0.05, 0) is 50.9 Å². The Morgan fingerprint density at radius 3 is 2.55 bits per heavy atom. The second kappa shape index (κ2) is 7.03. The molecule has 164 valence electrons. The lowest BCUT2D eigenvalue weighted by atomic mass is 9.94. The number of nitrogens with zero attached hydrogens (tertiary/aromatic N) is 4. The van der Waals surface area contributed by atoms with E-state index in [1.165, 1.54) is 17.7 Å². The lowest BCUT2D eigenvalue weighted by Gasteiger charge is -2.32. The lowest BCUT2D eigenvalue weighted by molar-refractivity contribution is -0.137. The van der Waals surface area contributed by atoms with Gasteiger partial charge in [0, 0.05) is 30.3 Å². The maximum absolute atomic E-state index is 12.9. The number of halogens is 3. The number of hydrogen-bond donors (Lipinski definition) is 1. The number of hydrogen-bond acceptors (Lipinski definition) is 4. The average Bonchev–Trinajstić information content (AvgIpc) is 3.30. The zero-order valence-electron chi connectivity index (χ0n) is 17.6. The fourth-order valence-corrected chi connectivity index (χ4v) is 5.17. The molecule has 1 fully saturated rings. The number of aromatic nitrogens is 3. The van der Waals surface area contributed by atoms with E-state index >= 15 is 0 Å². The highest BCUT2D eigenvalue weighted by Gasteiger charge is 2.38. The van der Waals surface area contributed by atoms with Gasteiger partial charge >= 0.3 is 6.18 Å². The summed E-state index contributed by atoms with van der Waals surface area (Å²) < 4.78 is 40.9. The molecule has 0 aliphatic carbocycles. The van der Waals surface area contributed by atoms with Gasteiger partial charge in [0.25, 0.3) is 0 Å². The van der Waals surface area contributed by atoms with Crippen molar-refractivity contribution in [2.75, 3.05) is 13.1 Å². The van der Waals surface area contributed by atoms with Crippen LogP contribution in [-0.4, -0.2) is 37.6 Å².